The van der Waals surface area contributed by atoms with Crippen molar-refractivity contribution in [1.82, 2.24) is 9.13 Å². The van der Waals surface area contributed by atoms with Crippen LogP contribution >= 0.6 is 15.6 Å². The molecule has 0 saturated carbocycles. The van der Waals surface area contributed by atoms with Crippen molar-refractivity contribution in [3.8, 4) is 23.0 Å². The van der Waals surface area contributed by atoms with Gasteiger partial charge in [-0.2, -0.15) is 0 Å². The van der Waals surface area contributed by atoms with E-state index in [1.54, 1.807) is 0 Å². The second-order valence-corrected chi connectivity index (χ2v) is 18.3. The van der Waals surface area contributed by atoms with Crippen LogP contribution in [-0.4, -0.2) is 115 Å². The van der Waals surface area contributed by atoms with Gasteiger partial charge in [-0.25, -0.2) is 18.3 Å². The minimum atomic E-state index is -10.7. The molecule has 0 amide bonds. The van der Waals surface area contributed by atoms with Crippen molar-refractivity contribution < 1.29 is 107 Å². The van der Waals surface area contributed by atoms with E-state index >= 15 is 0 Å². The van der Waals surface area contributed by atoms with Crippen LogP contribution in [0.4, 0.5) is 50.4 Å². The number of aromatic nitrogens is 4. The molecule has 68 heavy (non-hydrogen) atoms. The number of rotatable bonds is 0. The zero-order valence-corrected chi connectivity index (χ0v) is 39.3. The molecule has 4 bridgehead atoms. The van der Waals surface area contributed by atoms with Crippen LogP contribution in [0.1, 0.15) is 0 Å². The molecule has 0 unspecified atom stereocenters. The van der Waals surface area contributed by atoms with Crippen molar-refractivity contribution in [3.63, 3.8) is 0 Å². The van der Waals surface area contributed by atoms with Crippen molar-refractivity contribution >= 4 is 37.7 Å². The summed E-state index contributed by atoms with van der Waals surface area (Å²) in [6.45, 7) is 7.78. The third-order valence-electron chi connectivity index (χ3n) is 8.41. The van der Waals surface area contributed by atoms with Crippen LogP contribution in [-0.2, 0) is 56.6 Å². The molecule has 0 radical (unpaired) electrons. The molecular formula is C40H56F12N4O10P2. The predicted molar refractivity (Wildman–Crippen MR) is 229 cm³/mol. The topological polar surface area (TPSA) is 110 Å². The molecule has 6 heterocycles. The molecule has 0 spiro atoms. The number of aryl methyl sites for hydroxylation is 4. The Labute approximate surface area is 383 Å². The third-order valence-corrected chi connectivity index (χ3v) is 8.41. The maximum atomic E-state index is 9.87. The van der Waals surface area contributed by atoms with Gasteiger partial charge in [0.1, 0.15) is 49.4 Å². The minimum Gasteiger partial charge on any atom is -0.491 e. The molecule has 0 saturated heterocycles. The first-order valence-electron chi connectivity index (χ1n) is 20.5. The molecule has 14 nitrogen and oxygen atoms in total. The fourth-order valence-electron chi connectivity index (χ4n) is 5.67. The number of halogens is 12. The standard InChI is InChI=1S/C28H40O10.C12H16N4.2F6P/c1-2-26-4-3-25(1)35-21-17-31-13-9-29-11-15-33-19-23-37-27-5-7-28(8-6-27)38-24-20-34-16-12-30-10-14-32-18-22-36-26;1-13-7-14(2)10-6-12-11(5-9(10)13)15(3)8-16(12)4;2*1-7(2,3,4,5)6/h1-8H,9-24H2;5-8H,1-4H3;;/q;+2;2*-1. The van der Waals surface area contributed by atoms with E-state index in [-0.39, 0.29) is 0 Å². The Hall–Kier alpha value is -4.42. The molecule has 390 valence electrons. The maximum Gasteiger partial charge on any atom is 0.119 e. The van der Waals surface area contributed by atoms with Gasteiger partial charge in [-0.15, -0.1) is 0 Å². The van der Waals surface area contributed by atoms with E-state index in [9.17, 15) is 50.4 Å². The first-order chi connectivity index (χ1) is 31.4. The monoisotopic (exact) mass is 1040 g/mol. The quantitative estimate of drug-likeness (QED) is 0.0845. The van der Waals surface area contributed by atoms with Crippen molar-refractivity contribution in [2.45, 2.75) is 0 Å². The van der Waals surface area contributed by atoms with Crippen molar-refractivity contribution in [3.05, 3.63) is 73.3 Å². The first-order valence-corrected chi connectivity index (χ1v) is 24.5. The van der Waals surface area contributed by atoms with Gasteiger partial charge in [-0.3, -0.25) is 0 Å². The molecule has 0 fully saturated rings. The second-order valence-electron chi connectivity index (χ2n) is 14.4. The van der Waals surface area contributed by atoms with Crippen molar-refractivity contribution in [2.75, 3.05) is 106 Å². The zero-order chi connectivity index (χ0) is 50.6. The maximum absolute atomic E-state index is 10.7. The summed E-state index contributed by atoms with van der Waals surface area (Å²) in [4.78, 5) is 0. The summed E-state index contributed by atoms with van der Waals surface area (Å²) in [6, 6.07) is 19.4. The van der Waals surface area contributed by atoms with Gasteiger partial charge in [0, 0.05) is 12.1 Å². The molecule has 2 aromatic heterocycles. The molecule has 9 rings (SSSR count). The van der Waals surface area contributed by atoms with Crippen LogP contribution in [0.25, 0.3) is 22.1 Å². The third kappa shape index (κ3) is 29.5. The van der Waals surface area contributed by atoms with E-state index in [0.29, 0.717) is 106 Å². The molecule has 5 aromatic rings. The van der Waals surface area contributed by atoms with E-state index in [2.05, 4.69) is 71.2 Å². The van der Waals surface area contributed by atoms with E-state index in [1.165, 1.54) is 22.1 Å². The Kier molecular flexibility index (Phi) is 20.4. The number of benzene rings is 3. The van der Waals surface area contributed by atoms with Gasteiger partial charge in [0.05, 0.1) is 107 Å². The largest absolute Gasteiger partial charge is 0.491 e. The summed E-state index contributed by atoms with van der Waals surface area (Å²) in [5.41, 5.74) is 5.04. The minimum absolute atomic E-state index is 0.459. The summed E-state index contributed by atoms with van der Waals surface area (Å²) in [5, 5.41) is 0. The number of fused-ring (bicyclic) bond motifs is 2. The number of hydrogen-bond donors (Lipinski definition) is 0. The second kappa shape index (κ2) is 23.9. The summed E-state index contributed by atoms with van der Waals surface area (Å²) in [7, 11) is -13.0. The van der Waals surface area contributed by atoms with Crippen LogP contribution in [0.2, 0.25) is 0 Å². The first kappa shape index (κ1) is 57.9. The molecule has 4 aliphatic heterocycles. The molecule has 4 aliphatic rings. The van der Waals surface area contributed by atoms with E-state index in [0.717, 1.165) is 23.0 Å². The molecule has 28 heteroatoms. The number of ether oxygens (including phenoxy) is 10. The summed E-state index contributed by atoms with van der Waals surface area (Å²) < 4.78 is 183. The smallest absolute Gasteiger partial charge is 0.119 e. The average molecular weight is 1040 g/mol. The Morgan fingerprint density at radius 2 is 0.544 bits per heavy atom. The Morgan fingerprint density at radius 3 is 0.750 bits per heavy atom. The fourth-order valence-corrected chi connectivity index (χ4v) is 5.67. The predicted octanol–water partition coefficient (Wildman–Crippen LogP) is 10.1. The van der Waals surface area contributed by atoms with Crippen LogP contribution in [0.5, 0.6) is 23.0 Å². The number of imidazole rings is 2. The van der Waals surface area contributed by atoms with Gasteiger partial charge in [-0.1, -0.05) is 0 Å². The molecule has 3 aromatic carbocycles. The SMILES string of the molecule is Cn1c[n+](C)c2cc3c(cc21)n(C)c[n+]3C.F[P-](F)(F)(F)(F)F.F[P-](F)(F)(F)(F)F.c1cc2ccc1OCCOCCOCCOCCOc1ccc(cc1)OCCOCCOCCOCCO2. The van der Waals surface area contributed by atoms with E-state index < -0.39 is 15.6 Å². The van der Waals surface area contributed by atoms with E-state index in [1.807, 2.05) is 48.5 Å². The van der Waals surface area contributed by atoms with E-state index in [4.69, 9.17) is 47.4 Å². The van der Waals surface area contributed by atoms with Gasteiger partial charge in [-0.05, 0) is 48.5 Å². The molecule has 0 N–H and O–H groups in total. The van der Waals surface area contributed by atoms with Gasteiger partial charge in [0.15, 0.2) is 22.1 Å². The molecule has 0 atom stereocenters. The summed E-state index contributed by atoms with van der Waals surface area (Å²) >= 11 is 0. The zero-order valence-electron chi connectivity index (χ0n) is 37.5. The van der Waals surface area contributed by atoms with Gasteiger partial charge in [0.2, 0.25) is 12.7 Å². The normalized spacial score (nSPS) is 18.2. The van der Waals surface area contributed by atoms with Crippen molar-refractivity contribution in [1.29, 1.82) is 0 Å². The summed E-state index contributed by atoms with van der Waals surface area (Å²) in [6.07, 6.45) is 4.20. The Morgan fingerprint density at radius 1 is 0.353 bits per heavy atom. The van der Waals surface area contributed by atoms with Gasteiger partial charge >= 0.3 is 66.0 Å². The Balaban J connectivity index is 0.000000328. The van der Waals surface area contributed by atoms with Crippen LogP contribution < -0.4 is 28.1 Å². The average Bonchev–Trinajstić information content (AvgIpc) is 3.66. The van der Waals surface area contributed by atoms with Gasteiger partial charge < -0.3 is 47.4 Å². The van der Waals surface area contributed by atoms with Crippen LogP contribution in [0, 0.1) is 0 Å². The molecule has 0 aliphatic carbocycles. The number of hydrogen-bond acceptors (Lipinski definition) is 10. The Bertz CT molecular complexity index is 1970. The fraction of sp³-hybridized carbons (Fsp3) is 0.500. The van der Waals surface area contributed by atoms with Crippen LogP contribution in [0.3, 0.4) is 0 Å². The summed E-state index contributed by atoms with van der Waals surface area (Å²) in [5.74, 6) is 3.05. The van der Waals surface area contributed by atoms with Crippen molar-refractivity contribution in [2.24, 2.45) is 28.2 Å². The number of nitrogens with zero attached hydrogens (tertiary/aromatic N) is 4. The molecular weight excluding hydrogens is 986 g/mol. The van der Waals surface area contributed by atoms with Gasteiger partial charge in [0.25, 0.3) is 0 Å². The van der Waals surface area contributed by atoms with Crippen LogP contribution in [0.15, 0.2) is 73.3 Å².